The predicted octanol–water partition coefficient (Wildman–Crippen LogP) is 5.53. The third kappa shape index (κ3) is 7.47. The Balaban J connectivity index is 2.12. The Morgan fingerprint density at radius 1 is 0.950 bits per heavy atom. The standard InChI is InChI=1S/C29H33Cl2N3O5S/c1-4-25(29(36)32-5-2)33(19-21-16-17-22(30)18-24(21)31)28(35)20-34(26-14-10-11-15-27(26)39-6-3)40(37,38)23-12-8-7-9-13-23/h7-18,25H,4-6,19-20H2,1-3H3,(H,32,36)/t25-/m1/s1. The van der Waals surface area contributed by atoms with Crippen molar-refractivity contribution >= 4 is 50.7 Å². The molecule has 0 fully saturated rings. The van der Waals surface area contributed by atoms with Gasteiger partial charge < -0.3 is 15.0 Å². The highest BCUT2D eigenvalue weighted by Gasteiger charge is 2.34. The van der Waals surface area contributed by atoms with E-state index in [0.717, 1.165) is 4.31 Å². The first-order chi connectivity index (χ1) is 19.1. The molecule has 11 heteroatoms. The summed E-state index contributed by atoms with van der Waals surface area (Å²) < 4.78 is 34.7. The van der Waals surface area contributed by atoms with E-state index in [0.29, 0.717) is 40.9 Å². The van der Waals surface area contributed by atoms with Crippen molar-refractivity contribution in [2.45, 2.75) is 44.7 Å². The van der Waals surface area contributed by atoms with E-state index in [2.05, 4.69) is 5.32 Å². The van der Waals surface area contributed by atoms with Crippen LogP contribution in [-0.4, -0.2) is 50.9 Å². The van der Waals surface area contributed by atoms with E-state index in [-0.39, 0.29) is 23.0 Å². The van der Waals surface area contributed by atoms with Gasteiger partial charge in [-0.15, -0.1) is 0 Å². The van der Waals surface area contributed by atoms with E-state index < -0.39 is 28.5 Å². The van der Waals surface area contributed by atoms with Gasteiger partial charge in [-0.1, -0.05) is 66.5 Å². The van der Waals surface area contributed by atoms with Crippen LogP contribution >= 0.6 is 23.2 Å². The molecule has 8 nitrogen and oxygen atoms in total. The van der Waals surface area contributed by atoms with E-state index >= 15 is 0 Å². The molecule has 0 aliphatic heterocycles. The molecule has 0 aliphatic carbocycles. The van der Waals surface area contributed by atoms with Crippen molar-refractivity contribution in [3.8, 4) is 5.75 Å². The predicted molar refractivity (Wildman–Crippen MR) is 158 cm³/mol. The average molecular weight is 607 g/mol. The van der Waals surface area contributed by atoms with E-state index in [9.17, 15) is 18.0 Å². The number of carbonyl (C=O) groups is 2. The van der Waals surface area contributed by atoms with Gasteiger partial charge >= 0.3 is 0 Å². The summed E-state index contributed by atoms with van der Waals surface area (Å²) in [7, 11) is -4.21. The maximum absolute atomic E-state index is 14.1. The normalized spacial score (nSPS) is 11.9. The molecule has 40 heavy (non-hydrogen) atoms. The highest BCUT2D eigenvalue weighted by molar-refractivity contribution is 7.92. The quantitative estimate of drug-likeness (QED) is 0.276. The number of anilines is 1. The summed E-state index contributed by atoms with van der Waals surface area (Å²) >= 11 is 12.5. The van der Waals surface area contributed by atoms with E-state index in [1.165, 1.54) is 17.0 Å². The van der Waals surface area contributed by atoms with Crippen molar-refractivity contribution in [1.82, 2.24) is 10.2 Å². The molecule has 2 amide bonds. The van der Waals surface area contributed by atoms with Crippen LogP contribution < -0.4 is 14.4 Å². The maximum Gasteiger partial charge on any atom is 0.264 e. The number of halogens is 2. The van der Waals surface area contributed by atoms with Crippen LogP contribution in [0.1, 0.15) is 32.8 Å². The van der Waals surface area contributed by atoms with E-state index in [4.69, 9.17) is 27.9 Å². The van der Waals surface area contributed by atoms with Crippen molar-refractivity contribution in [1.29, 1.82) is 0 Å². The molecule has 0 saturated heterocycles. The van der Waals surface area contributed by atoms with Gasteiger partial charge in [0.25, 0.3) is 10.0 Å². The number of benzene rings is 3. The number of rotatable bonds is 13. The molecular weight excluding hydrogens is 573 g/mol. The topological polar surface area (TPSA) is 96.0 Å². The first-order valence-corrected chi connectivity index (χ1v) is 15.1. The fraction of sp³-hybridized carbons (Fsp3) is 0.310. The van der Waals surface area contributed by atoms with Crippen LogP contribution in [0.15, 0.2) is 77.7 Å². The number of amides is 2. The number of carbonyl (C=O) groups excluding carboxylic acids is 2. The molecule has 214 valence electrons. The van der Waals surface area contributed by atoms with Crippen LogP contribution in [0, 0.1) is 0 Å². The second-order valence-electron chi connectivity index (χ2n) is 8.80. The molecule has 0 unspecified atom stereocenters. The van der Waals surface area contributed by atoms with Crippen LogP contribution in [0.5, 0.6) is 5.75 Å². The van der Waals surface area contributed by atoms with Crippen LogP contribution in [0.25, 0.3) is 0 Å². The van der Waals surface area contributed by atoms with Gasteiger partial charge in [-0.2, -0.15) is 0 Å². The highest BCUT2D eigenvalue weighted by Crippen LogP contribution is 2.33. The molecular formula is C29H33Cl2N3O5S. The number of nitrogens with zero attached hydrogens (tertiary/aromatic N) is 2. The Morgan fingerprint density at radius 3 is 2.25 bits per heavy atom. The van der Waals surface area contributed by atoms with Gasteiger partial charge in [0.1, 0.15) is 18.3 Å². The van der Waals surface area contributed by atoms with Crippen LogP contribution in [-0.2, 0) is 26.2 Å². The van der Waals surface area contributed by atoms with Crippen LogP contribution in [0.3, 0.4) is 0 Å². The molecule has 3 aromatic rings. The number of ether oxygens (including phenoxy) is 1. The molecule has 0 spiro atoms. The Labute approximate surface area is 245 Å². The average Bonchev–Trinajstić information content (AvgIpc) is 2.94. The zero-order chi connectivity index (χ0) is 29.3. The summed E-state index contributed by atoms with van der Waals surface area (Å²) in [6.07, 6.45) is 0.295. The van der Waals surface area contributed by atoms with Gasteiger partial charge in [-0.3, -0.25) is 13.9 Å². The van der Waals surface area contributed by atoms with E-state index in [1.807, 2.05) is 0 Å². The summed E-state index contributed by atoms with van der Waals surface area (Å²) in [5.74, 6) is -0.633. The monoisotopic (exact) mass is 605 g/mol. The van der Waals surface area contributed by atoms with Crippen LogP contribution in [0.4, 0.5) is 5.69 Å². The molecule has 0 saturated carbocycles. The van der Waals surface area contributed by atoms with Crippen molar-refractivity contribution in [3.63, 3.8) is 0 Å². The number of nitrogens with one attached hydrogen (secondary N) is 1. The lowest BCUT2D eigenvalue weighted by Crippen LogP contribution is -2.52. The van der Waals surface area contributed by atoms with Crippen molar-refractivity contribution < 1.29 is 22.7 Å². The van der Waals surface area contributed by atoms with Gasteiger partial charge in [0, 0.05) is 23.1 Å². The number of likely N-dealkylation sites (N-methyl/N-ethyl adjacent to an activating group) is 1. The van der Waals surface area contributed by atoms with Crippen molar-refractivity contribution in [3.05, 3.63) is 88.4 Å². The summed E-state index contributed by atoms with van der Waals surface area (Å²) in [5, 5.41) is 3.52. The molecule has 0 aliphatic rings. The third-order valence-corrected chi connectivity index (χ3v) is 8.50. The lowest BCUT2D eigenvalue weighted by Gasteiger charge is -2.33. The minimum atomic E-state index is -4.21. The minimum absolute atomic E-state index is 0.0113. The second-order valence-corrected chi connectivity index (χ2v) is 11.5. The summed E-state index contributed by atoms with van der Waals surface area (Å²) in [4.78, 5) is 28.5. The second kappa shape index (κ2) is 14.4. The van der Waals surface area contributed by atoms with Gasteiger partial charge in [-0.25, -0.2) is 8.42 Å². The number of para-hydroxylation sites is 2. The van der Waals surface area contributed by atoms with Crippen LogP contribution in [0.2, 0.25) is 10.0 Å². The SMILES string of the molecule is CCNC(=O)[C@@H](CC)N(Cc1ccc(Cl)cc1Cl)C(=O)CN(c1ccccc1OCC)S(=O)(=O)c1ccccc1. The Hall–Kier alpha value is -3.27. The molecule has 0 radical (unpaired) electrons. The fourth-order valence-corrected chi connectivity index (χ4v) is 6.13. The smallest absolute Gasteiger partial charge is 0.264 e. The maximum atomic E-state index is 14.1. The molecule has 0 bridgehead atoms. The first kappa shape index (κ1) is 31.3. The Kier molecular flexibility index (Phi) is 11.2. The summed E-state index contributed by atoms with van der Waals surface area (Å²) in [5.41, 5.74) is 0.770. The molecule has 0 aromatic heterocycles. The van der Waals surface area contributed by atoms with Gasteiger partial charge in [0.05, 0.1) is 17.2 Å². The zero-order valence-corrected chi connectivity index (χ0v) is 25.0. The van der Waals surface area contributed by atoms with Crippen molar-refractivity contribution in [2.24, 2.45) is 0 Å². The van der Waals surface area contributed by atoms with Crippen molar-refractivity contribution in [2.75, 3.05) is 24.0 Å². The Bertz CT molecular complexity index is 1420. The number of hydrogen-bond acceptors (Lipinski definition) is 5. The van der Waals surface area contributed by atoms with Gasteiger partial charge in [0.15, 0.2) is 0 Å². The molecule has 3 rings (SSSR count). The minimum Gasteiger partial charge on any atom is -0.492 e. The number of hydrogen-bond donors (Lipinski definition) is 1. The van der Waals surface area contributed by atoms with Gasteiger partial charge in [0.2, 0.25) is 11.8 Å². The molecule has 3 aromatic carbocycles. The zero-order valence-electron chi connectivity index (χ0n) is 22.6. The summed E-state index contributed by atoms with van der Waals surface area (Å²) in [6, 6.07) is 18.5. The lowest BCUT2D eigenvalue weighted by molar-refractivity contribution is -0.140. The highest BCUT2D eigenvalue weighted by atomic mass is 35.5. The molecule has 1 atom stereocenters. The summed E-state index contributed by atoms with van der Waals surface area (Å²) in [6.45, 7) is 5.40. The number of sulfonamides is 1. The fourth-order valence-electron chi connectivity index (χ4n) is 4.22. The van der Waals surface area contributed by atoms with E-state index in [1.54, 1.807) is 81.4 Å². The first-order valence-electron chi connectivity index (χ1n) is 12.9. The molecule has 0 heterocycles. The lowest BCUT2D eigenvalue weighted by atomic mass is 10.1. The van der Waals surface area contributed by atoms with Gasteiger partial charge in [-0.05, 0) is 62.2 Å². The Morgan fingerprint density at radius 2 is 1.62 bits per heavy atom. The third-order valence-electron chi connectivity index (χ3n) is 6.14. The molecule has 1 N–H and O–H groups in total. The largest absolute Gasteiger partial charge is 0.492 e.